The summed E-state index contributed by atoms with van der Waals surface area (Å²) in [5.41, 5.74) is 0. The molecule has 122 valence electrons. The summed E-state index contributed by atoms with van der Waals surface area (Å²) >= 11 is 0. The Kier molecular flexibility index (Phi) is 6.00. The van der Waals surface area contributed by atoms with Crippen molar-refractivity contribution in [1.29, 1.82) is 0 Å². The molecule has 0 aromatic carbocycles. The lowest BCUT2D eigenvalue weighted by molar-refractivity contribution is 0.137. The van der Waals surface area contributed by atoms with Crippen LogP contribution in [0.3, 0.4) is 0 Å². The number of carbonyl (C=O) groups excluding carboxylic acids is 1. The van der Waals surface area contributed by atoms with Gasteiger partial charge in [0.2, 0.25) is 0 Å². The third-order valence-corrected chi connectivity index (χ3v) is 3.98. The second-order valence-electron chi connectivity index (χ2n) is 5.94. The smallest absolute Gasteiger partial charge is 0.317 e. The van der Waals surface area contributed by atoms with Gasteiger partial charge in [-0.3, -0.25) is 4.90 Å². The van der Waals surface area contributed by atoms with Gasteiger partial charge in [-0.25, -0.2) is 9.78 Å². The molecule has 2 rings (SSSR count). The minimum atomic E-state index is 0.0104. The number of rotatable bonds is 6. The Morgan fingerprint density at radius 1 is 1.36 bits per heavy atom. The molecule has 0 aliphatic carbocycles. The van der Waals surface area contributed by atoms with Crippen molar-refractivity contribution >= 4 is 6.03 Å². The van der Waals surface area contributed by atoms with Crippen LogP contribution in [0.2, 0.25) is 0 Å². The minimum Gasteiger partial charge on any atom is -0.335 e. The summed E-state index contributed by atoms with van der Waals surface area (Å²) in [5, 5.41) is 2.83. The zero-order chi connectivity index (χ0) is 15.9. The zero-order valence-electron chi connectivity index (χ0n) is 13.7. The van der Waals surface area contributed by atoms with Crippen molar-refractivity contribution in [3.05, 3.63) is 30.9 Å². The normalized spacial score (nSPS) is 16.0. The predicted molar refractivity (Wildman–Crippen MR) is 87.9 cm³/mol. The molecule has 0 unspecified atom stereocenters. The maximum atomic E-state index is 11.9. The van der Waals surface area contributed by atoms with Crippen LogP contribution in [0.25, 0.3) is 0 Å². The van der Waals surface area contributed by atoms with Crippen molar-refractivity contribution in [2.75, 3.05) is 39.3 Å². The van der Waals surface area contributed by atoms with E-state index in [0.29, 0.717) is 12.5 Å². The lowest BCUT2D eigenvalue weighted by Gasteiger charge is -2.34. The number of nitrogens with zero attached hydrogens (tertiary/aromatic N) is 4. The van der Waals surface area contributed by atoms with Crippen molar-refractivity contribution < 1.29 is 4.79 Å². The molecule has 22 heavy (non-hydrogen) atoms. The SMILES string of the molecule is C=CCNC(=O)N1CCN(CCn2ccnc2C(C)C)CC1. The molecule has 0 radical (unpaired) electrons. The van der Waals surface area contributed by atoms with Crippen LogP contribution in [0.4, 0.5) is 4.79 Å². The number of carbonyl (C=O) groups is 1. The van der Waals surface area contributed by atoms with Gasteiger partial charge in [-0.05, 0) is 0 Å². The van der Waals surface area contributed by atoms with Crippen LogP contribution in [-0.4, -0.2) is 64.7 Å². The van der Waals surface area contributed by atoms with E-state index in [9.17, 15) is 4.79 Å². The minimum absolute atomic E-state index is 0.0104. The molecular weight excluding hydrogens is 278 g/mol. The molecule has 0 atom stereocenters. The van der Waals surface area contributed by atoms with Crippen molar-refractivity contribution in [1.82, 2.24) is 24.7 Å². The standard InChI is InChI=1S/C16H27N5O/c1-4-5-18-16(22)21-12-9-19(10-13-21)8-11-20-7-6-17-15(20)14(2)3/h4,6-7,14H,1,5,8-13H2,2-3H3,(H,18,22). The summed E-state index contributed by atoms with van der Waals surface area (Å²) in [4.78, 5) is 20.6. The van der Waals surface area contributed by atoms with Crippen LogP contribution >= 0.6 is 0 Å². The number of hydrogen-bond donors (Lipinski definition) is 1. The number of amides is 2. The van der Waals surface area contributed by atoms with E-state index in [1.54, 1.807) is 6.08 Å². The Balaban J connectivity index is 1.74. The maximum Gasteiger partial charge on any atom is 0.317 e. The highest BCUT2D eigenvalue weighted by atomic mass is 16.2. The molecule has 1 aromatic rings. The number of imidazole rings is 1. The lowest BCUT2D eigenvalue weighted by Crippen LogP contribution is -2.52. The zero-order valence-corrected chi connectivity index (χ0v) is 13.7. The second-order valence-corrected chi connectivity index (χ2v) is 5.94. The van der Waals surface area contributed by atoms with E-state index in [1.807, 2.05) is 17.3 Å². The molecule has 6 heteroatoms. The first-order valence-electron chi connectivity index (χ1n) is 7.99. The van der Waals surface area contributed by atoms with Gasteiger partial charge in [0.15, 0.2) is 0 Å². The molecule has 6 nitrogen and oxygen atoms in total. The van der Waals surface area contributed by atoms with Crippen LogP contribution in [-0.2, 0) is 6.54 Å². The van der Waals surface area contributed by atoms with Gasteiger partial charge < -0.3 is 14.8 Å². The van der Waals surface area contributed by atoms with Crippen molar-refractivity contribution in [2.24, 2.45) is 0 Å². The van der Waals surface area contributed by atoms with Gasteiger partial charge in [-0.1, -0.05) is 19.9 Å². The average Bonchev–Trinajstić information content (AvgIpc) is 3.00. The van der Waals surface area contributed by atoms with E-state index < -0.39 is 0 Å². The van der Waals surface area contributed by atoms with Crippen LogP contribution in [0.5, 0.6) is 0 Å². The lowest BCUT2D eigenvalue weighted by atomic mass is 10.2. The van der Waals surface area contributed by atoms with E-state index in [4.69, 9.17) is 0 Å². The molecular formula is C16H27N5O. The molecule has 1 N–H and O–H groups in total. The molecule has 2 amide bonds. The summed E-state index contributed by atoms with van der Waals surface area (Å²) in [6.45, 7) is 13.8. The molecule has 2 heterocycles. The van der Waals surface area contributed by atoms with Crippen molar-refractivity contribution in [3.63, 3.8) is 0 Å². The predicted octanol–water partition coefficient (Wildman–Crippen LogP) is 1.52. The summed E-state index contributed by atoms with van der Waals surface area (Å²) < 4.78 is 2.23. The summed E-state index contributed by atoms with van der Waals surface area (Å²) in [6.07, 6.45) is 5.62. The topological polar surface area (TPSA) is 53.4 Å². The number of hydrogen-bond acceptors (Lipinski definition) is 3. The molecule has 0 spiro atoms. The van der Waals surface area contributed by atoms with Crippen molar-refractivity contribution in [3.8, 4) is 0 Å². The molecule has 1 aromatic heterocycles. The first-order valence-corrected chi connectivity index (χ1v) is 7.99. The van der Waals surface area contributed by atoms with Crippen LogP contribution in [0, 0.1) is 0 Å². The number of aromatic nitrogens is 2. The van der Waals surface area contributed by atoms with Crippen LogP contribution in [0.15, 0.2) is 25.0 Å². The quantitative estimate of drug-likeness (QED) is 0.811. The molecule has 1 fully saturated rings. The van der Waals surface area contributed by atoms with E-state index in [2.05, 4.69) is 40.2 Å². The third kappa shape index (κ3) is 4.34. The fourth-order valence-corrected chi connectivity index (χ4v) is 2.71. The Hall–Kier alpha value is -1.82. The summed E-state index contributed by atoms with van der Waals surface area (Å²) in [5.74, 6) is 1.59. The second kappa shape index (κ2) is 7.98. The van der Waals surface area contributed by atoms with Crippen LogP contribution < -0.4 is 5.32 Å². The highest BCUT2D eigenvalue weighted by Crippen LogP contribution is 2.12. The van der Waals surface area contributed by atoms with E-state index in [0.717, 1.165) is 45.1 Å². The molecule has 0 saturated carbocycles. The van der Waals surface area contributed by atoms with Gasteiger partial charge in [0.25, 0.3) is 0 Å². The van der Waals surface area contributed by atoms with Crippen molar-refractivity contribution in [2.45, 2.75) is 26.3 Å². The van der Waals surface area contributed by atoms with Gasteiger partial charge in [0.05, 0.1) is 0 Å². The van der Waals surface area contributed by atoms with E-state index >= 15 is 0 Å². The number of piperazine rings is 1. The highest BCUT2D eigenvalue weighted by molar-refractivity contribution is 5.74. The van der Waals surface area contributed by atoms with Crippen LogP contribution in [0.1, 0.15) is 25.6 Å². The Bertz CT molecular complexity index is 488. The average molecular weight is 305 g/mol. The molecule has 1 aliphatic rings. The Labute approximate surface area is 132 Å². The third-order valence-electron chi connectivity index (χ3n) is 3.98. The fraction of sp³-hybridized carbons (Fsp3) is 0.625. The Morgan fingerprint density at radius 3 is 2.73 bits per heavy atom. The molecule has 1 aliphatic heterocycles. The van der Waals surface area contributed by atoms with Gasteiger partial charge in [0, 0.05) is 64.1 Å². The van der Waals surface area contributed by atoms with E-state index in [1.165, 1.54) is 0 Å². The monoisotopic (exact) mass is 305 g/mol. The van der Waals surface area contributed by atoms with Gasteiger partial charge in [-0.15, -0.1) is 6.58 Å². The largest absolute Gasteiger partial charge is 0.335 e. The van der Waals surface area contributed by atoms with Gasteiger partial charge in [-0.2, -0.15) is 0 Å². The first kappa shape index (κ1) is 16.5. The summed E-state index contributed by atoms with van der Waals surface area (Å²) in [6, 6.07) is 0.0104. The number of urea groups is 1. The summed E-state index contributed by atoms with van der Waals surface area (Å²) in [7, 11) is 0. The highest BCUT2D eigenvalue weighted by Gasteiger charge is 2.20. The van der Waals surface area contributed by atoms with Gasteiger partial charge >= 0.3 is 6.03 Å². The molecule has 0 bridgehead atoms. The van der Waals surface area contributed by atoms with E-state index in [-0.39, 0.29) is 6.03 Å². The fourth-order valence-electron chi connectivity index (χ4n) is 2.71. The molecule has 1 saturated heterocycles. The van der Waals surface area contributed by atoms with Gasteiger partial charge in [0.1, 0.15) is 5.82 Å². The maximum absolute atomic E-state index is 11.9. The number of nitrogens with one attached hydrogen (secondary N) is 1. The first-order chi connectivity index (χ1) is 10.6. The Morgan fingerprint density at radius 2 is 2.09 bits per heavy atom.